The Kier molecular flexibility index (Phi) is 7.65. The number of hydrogen-bond donors (Lipinski definition) is 2. The summed E-state index contributed by atoms with van der Waals surface area (Å²) in [6, 6.07) is 22.2. The number of carbonyl (C=O) groups is 2. The van der Waals surface area contributed by atoms with Crippen molar-refractivity contribution in [3.8, 4) is 11.5 Å². The van der Waals surface area contributed by atoms with Crippen LogP contribution in [0.4, 0.5) is 5.69 Å². The van der Waals surface area contributed by atoms with Crippen LogP contribution < -0.4 is 20.1 Å². The van der Waals surface area contributed by atoms with Crippen LogP contribution in [0.2, 0.25) is 0 Å². The number of ether oxygens (including phenoxy) is 2. The topological polar surface area (TPSA) is 76.7 Å². The molecule has 3 aromatic carbocycles. The second-order valence-electron chi connectivity index (χ2n) is 6.98. The van der Waals surface area contributed by atoms with Crippen molar-refractivity contribution in [1.29, 1.82) is 0 Å². The number of benzene rings is 3. The molecule has 0 aliphatic heterocycles. The number of hydrogen-bond acceptors (Lipinski definition) is 4. The summed E-state index contributed by atoms with van der Waals surface area (Å²) in [5.74, 6) is 0.902. The van der Waals surface area contributed by atoms with E-state index in [0.717, 1.165) is 11.1 Å². The Bertz CT molecular complexity index is 1020. The van der Waals surface area contributed by atoms with Crippen molar-refractivity contribution in [3.05, 3.63) is 89.5 Å². The molecule has 0 aromatic heterocycles. The van der Waals surface area contributed by atoms with Gasteiger partial charge in [0.15, 0.2) is 0 Å². The summed E-state index contributed by atoms with van der Waals surface area (Å²) in [6.45, 7) is 0.416. The van der Waals surface area contributed by atoms with Crippen molar-refractivity contribution < 1.29 is 19.1 Å². The van der Waals surface area contributed by atoms with Crippen molar-refractivity contribution in [2.75, 3.05) is 19.5 Å². The van der Waals surface area contributed by atoms with Gasteiger partial charge in [0.05, 0.1) is 19.9 Å². The number of nitrogens with one attached hydrogen (secondary N) is 2. The zero-order chi connectivity index (χ0) is 22.1. The van der Waals surface area contributed by atoms with Crippen LogP contribution in [0.3, 0.4) is 0 Å². The van der Waals surface area contributed by atoms with Crippen LogP contribution in [0, 0.1) is 0 Å². The molecule has 0 saturated heterocycles. The van der Waals surface area contributed by atoms with Crippen molar-refractivity contribution in [2.45, 2.75) is 19.4 Å². The highest BCUT2D eigenvalue weighted by Gasteiger charge is 2.11. The van der Waals surface area contributed by atoms with Crippen LogP contribution in [0.25, 0.3) is 0 Å². The van der Waals surface area contributed by atoms with Crippen LogP contribution in [0.5, 0.6) is 11.5 Å². The molecule has 0 radical (unpaired) electrons. The number of anilines is 1. The Hall–Kier alpha value is -3.80. The highest BCUT2D eigenvalue weighted by molar-refractivity contribution is 6.05. The smallest absolute Gasteiger partial charge is 0.255 e. The Labute approximate surface area is 182 Å². The summed E-state index contributed by atoms with van der Waals surface area (Å²) in [4.78, 5) is 24.7. The molecule has 0 spiro atoms. The highest BCUT2D eigenvalue weighted by Crippen LogP contribution is 2.29. The fourth-order valence-electron chi connectivity index (χ4n) is 3.07. The first-order chi connectivity index (χ1) is 15.1. The largest absolute Gasteiger partial charge is 0.497 e. The Balaban J connectivity index is 1.52. The first kappa shape index (κ1) is 21.9. The maximum atomic E-state index is 12.6. The van der Waals surface area contributed by atoms with Gasteiger partial charge in [-0.05, 0) is 41.8 Å². The lowest BCUT2D eigenvalue weighted by molar-refractivity contribution is -0.121. The Morgan fingerprint density at radius 3 is 2.26 bits per heavy atom. The Morgan fingerprint density at radius 1 is 0.839 bits per heavy atom. The predicted molar refractivity (Wildman–Crippen MR) is 121 cm³/mol. The molecule has 2 amide bonds. The summed E-state index contributed by atoms with van der Waals surface area (Å²) >= 11 is 0. The van der Waals surface area contributed by atoms with Gasteiger partial charge in [-0.25, -0.2) is 0 Å². The number of aryl methyl sites for hydroxylation is 1. The fraction of sp³-hybridized carbons (Fsp3) is 0.200. The van der Waals surface area contributed by atoms with Gasteiger partial charge in [-0.15, -0.1) is 0 Å². The minimum atomic E-state index is -0.259. The van der Waals surface area contributed by atoms with E-state index in [9.17, 15) is 9.59 Å². The fourth-order valence-corrected chi connectivity index (χ4v) is 3.07. The molecule has 3 aromatic rings. The van der Waals surface area contributed by atoms with Crippen LogP contribution in [-0.2, 0) is 17.8 Å². The van der Waals surface area contributed by atoms with E-state index in [0.29, 0.717) is 42.1 Å². The molecule has 0 unspecified atom stereocenters. The van der Waals surface area contributed by atoms with E-state index in [1.807, 2.05) is 42.5 Å². The summed E-state index contributed by atoms with van der Waals surface area (Å²) in [7, 11) is 3.10. The summed E-state index contributed by atoms with van der Waals surface area (Å²) in [5, 5.41) is 5.76. The molecular formula is C25H26N2O4. The molecule has 2 N–H and O–H groups in total. The van der Waals surface area contributed by atoms with Crippen molar-refractivity contribution in [3.63, 3.8) is 0 Å². The van der Waals surface area contributed by atoms with Crippen LogP contribution >= 0.6 is 0 Å². The third-order valence-electron chi connectivity index (χ3n) is 4.84. The monoisotopic (exact) mass is 418 g/mol. The molecule has 31 heavy (non-hydrogen) atoms. The molecular weight excluding hydrogens is 392 g/mol. The van der Waals surface area contributed by atoms with Crippen LogP contribution in [-0.4, -0.2) is 26.0 Å². The van der Waals surface area contributed by atoms with Gasteiger partial charge >= 0.3 is 0 Å². The molecule has 0 aliphatic carbocycles. The molecule has 0 saturated carbocycles. The van der Waals surface area contributed by atoms with Crippen molar-refractivity contribution >= 4 is 17.5 Å². The van der Waals surface area contributed by atoms with Gasteiger partial charge < -0.3 is 20.1 Å². The average molecular weight is 418 g/mol. The minimum absolute atomic E-state index is 0.00390. The Morgan fingerprint density at radius 2 is 1.58 bits per heavy atom. The minimum Gasteiger partial charge on any atom is -0.497 e. The molecule has 0 aliphatic rings. The zero-order valence-electron chi connectivity index (χ0n) is 17.7. The quantitative estimate of drug-likeness (QED) is 0.546. The van der Waals surface area contributed by atoms with E-state index in [4.69, 9.17) is 9.47 Å². The summed E-state index contributed by atoms with van der Waals surface area (Å²) in [5.41, 5.74) is 3.09. The first-order valence-corrected chi connectivity index (χ1v) is 10.0. The third kappa shape index (κ3) is 6.34. The second-order valence-corrected chi connectivity index (χ2v) is 6.98. The van der Waals surface area contributed by atoms with Gasteiger partial charge in [-0.1, -0.05) is 42.5 Å². The van der Waals surface area contributed by atoms with Gasteiger partial charge in [0.2, 0.25) is 5.91 Å². The maximum Gasteiger partial charge on any atom is 0.255 e. The lowest BCUT2D eigenvalue weighted by atomic mass is 10.1. The van der Waals surface area contributed by atoms with Crippen molar-refractivity contribution in [2.24, 2.45) is 0 Å². The summed E-state index contributed by atoms with van der Waals surface area (Å²) in [6.07, 6.45) is 1.15. The molecule has 0 atom stereocenters. The van der Waals surface area contributed by atoms with Gasteiger partial charge in [0.25, 0.3) is 5.91 Å². The van der Waals surface area contributed by atoms with Crippen LogP contribution in [0.1, 0.15) is 27.9 Å². The van der Waals surface area contributed by atoms with Gasteiger partial charge in [-0.2, -0.15) is 0 Å². The number of methoxy groups -OCH3 is 2. The molecule has 0 fully saturated rings. The van der Waals surface area contributed by atoms with E-state index in [1.54, 1.807) is 44.6 Å². The van der Waals surface area contributed by atoms with E-state index in [-0.39, 0.29) is 11.8 Å². The molecule has 0 bridgehead atoms. The maximum absolute atomic E-state index is 12.6. The lowest BCUT2D eigenvalue weighted by Crippen LogP contribution is -2.23. The second kappa shape index (κ2) is 10.8. The SMILES string of the molecule is COc1ccc(OC)c(NC(=O)c2ccc(CNC(=O)CCc3ccccc3)cc2)c1. The third-order valence-corrected chi connectivity index (χ3v) is 4.84. The average Bonchev–Trinajstić information content (AvgIpc) is 2.82. The summed E-state index contributed by atoms with van der Waals surface area (Å²) < 4.78 is 10.5. The molecule has 3 rings (SSSR count). The van der Waals surface area contributed by atoms with E-state index in [1.165, 1.54) is 0 Å². The van der Waals surface area contributed by atoms with Gasteiger partial charge in [-0.3, -0.25) is 9.59 Å². The zero-order valence-corrected chi connectivity index (χ0v) is 17.7. The standard InChI is InChI=1S/C25H26N2O4/c1-30-21-13-14-23(31-2)22(16-21)27-25(29)20-11-8-19(9-12-20)17-26-24(28)15-10-18-6-4-3-5-7-18/h3-9,11-14,16H,10,15,17H2,1-2H3,(H,26,28)(H,27,29). The molecule has 6 heteroatoms. The van der Waals surface area contributed by atoms with Gasteiger partial charge in [0, 0.05) is 24.6 Å². The lowest BCUT2D eigenvalue weighted by Gasteiger charge is -2.12. The first-order valence-electron chi connectivity index (χ1n) is 10.0. The van der Waals surface area contributed by atoms with E-state index >= 15 is 0 Å². The van der Waals surface area contributed by atoms with Crippen LogP contribution in [0.15, 0.2) is 72.8 Å². The highest BCUT2D eigenvalue weighted by atomic mass is 16.5. The predicted octanol–water partition coefficient (Wildman–Crippen LogP) is 4.21. The number of rotatable bonds is 9. The number of amides is 2. The normalized spacial score (nSPS) is 10.3. The molecule has 6 nitrogen and oxygen atoms in total. The van der Waals surface area contributed by atoms with E-state index in [2.05, 4.69) is 10.6 Å². The van der Waals surface area contributed by atoms with Gasteiger partial charge in [0.1, 0.15) is 11.5 Å². The van der Waals surface area contributed by atoms with E-state index < -0.39 is 0 Å². The number of carbonyl (C=O) groups excluding carboxylic acids is 2. The molecule has 0 heterocycles. The molecule has 160 valence electrons. The van der Waals surface area contributed by atoms with Crippen molar-refractivity contribution in [1.82, 2.24) is 5.32 Å².